The molecule has 2 atom stereocenters. The summed E-state index contributed by atoms with van der Waals surface area (Å²) in [5.74, 6) is 0. The molecule has 0 aromatic heterocycles. The second-order valence-electron chi connectivity index (χ2n) is 4.37. The van der Waals surface area contributed by atoms with Gasteiger partial charge in [-0.1, -0.05) is 25.1 Å². The van der Waals surface area contributed by atoms with Gasteiger partial charge in [-0.15, -0.1) is 0 Å². The van der Waals surface area contributed by atoms with Crippen molar-refractivity contribution in [2.24, 2.45) is 0 Å². The average molecular weight is 221 g/mol. The fourth-order valence-electron chi connectivity index (χ4n) is 2.24. The molecule has 3 heteroatoms. The molecule has 1 aromatic carbocycles. The van der Waals surface area contributed by atoms with Gasteiger partial charge in [0.15, 0.2) is 0 Å². The topological polar surface area (TPSA) is 43.7 Å². The van der Waals surface area contributed by atoms with E-state index in [2.05, 4.69) is 4.90 Å². The summed E-state index contributed by atoms with van der Waals surface area (Å²) in [6, 6.07) is 7.91. The number of para-hydroxylation sites is 1. The molecular formula is C13H19NO2. The predicted octanol–water partition coefficient (Wildman–Crippen LogP) is 1.70. The number of hydrogen-bond donors (Lipinski definition) is 2. The molecule has 0 radical (unpaired) electrons. The molecule has 0 bridgehead atoms. The van der Waals surface area contributed by atoms with E-state index in [0.717, 1.165) is 24.2 Å². The summed E-state index contributed by atoms with van der Waals surface area (Å²) in [6.07, 6.45) is 0.894. The molecule has 88 valence electrons. The third kappa shape index (κ3) is 2.20. The molecule has 1 aromatic rings. The summed E-state index contributed by atoms with van der Waals surface area (Å²) in [7, 11) is 0. The quantitative estimate of drug-likeness (QED) is 0.816. The van der Waals surface area contributed by atoms with Gasteiger partial charge in [-0.25, -0.2) is 0 Å². The van der Waals surface area contributed by atoms with Crippen molar-refractivity contribution < 1.29 is 10.2 Å². The van der Waals surface area contributed by atoms with E-state index >= 15 is 0 Å². The second-order valence-corrected chi connectivity index (χ2v) is 4.37. The Hall–Kier alpha value is -1.06. The van der Waals surface area contributed by atoms with Gasteiger partial charge < -0.3 is 15.1 Å². The van der Waals surface area contributed by atoms with E-state index in [0.29, 0.717) is 13.0 Å². The van der Waals surface area contributed by atoms with Gasteiger partial charge in [-0.2, -0.15) is 0 Å². The third-order valence-electron chi connectivity index (χ3n) is 3.19. The lowest BCUT2D eigenvalue weighted by molar-refractivity contribution is 0.174. The Bertz CT molecular complexity index is 354. The molecule has 0 saturated carbocycles. The van der Waals surface area contributed by atoms with Crippen LogP contribution in [0.3, 0.4) is 0 Å². The molecule has 1 fully saturated rings. The van der Waals surface area contributed by atoms with Crippen LogP contribution < -0.4 is 4.90 Å². The lowest BCUT2D eigenvalue weighted by atomic mass is 10.0. The van der Waals surface area contributed by atoms with Gasteiger partial charge >= 0.3 is 0 Å². The van der Waals surface area contributed by atoms with Crippen LogP contribution in [0.4, 0.5) is 5.69 Å². The predicted molar refractivity (Wildman–Crippen MR) is 64.5 cm³/mol. The van der Waals surface area contributed by atoms with E-state index in [1.54, 1.807) is 0 Å². The van der Waals surface area contributed by atoms with Gasteiger partial charge in [0, 0.05) is 24.3 Å². The second kappa shape index (κ2) is 4.85. The van der Waals surface area contributed by atoms with Crippen LogP contribution in [-0.2, 0) is 0 Å². The maximum atomic E-state index is 9.95. The van der Waals surface area contributed by atoms with Gasteiger partial charge in [0.2, 0.25) is 0 Å². The van der Waals surface area contributed by atoms with Crippen LogP contribution in [0.1, 0.15) is 31.4 Å². The zero-order chi connectivity index (χ0) is 11.5. The minimum Gasteiger partial charge on any atom is -0.391 e. The van der Waals surface area contributed by atoms with E-state index in [-0.39, 0.29) is 6.10 Å². The van der Waals surface area contributed by atoms with E-state index in [4.69, 9.17) is 0 Å². The molecule has 0 spiro atoms. The van der Waals surface area contributed by atoms with E-state index < -0.39 is 6.10 Å². The molecule has 2 rings (SSSR count). The minimum atomic E-state index is -0.408. The summed E-state index contributed by atoms with van der Waals surface area (Å²) in [5, 5.41) is 19.5. The first kappa shape index (κ1) is 11.4. The maximum Gasteiger partial charge on any atom is 0.0807 e. The summed E-state index contributed by atoms with van der Waals surface area (Å²) < 4.78 is 0. The van der Waals surface area contributed by atoms with E-state index in [1.165, 1.54) is 0 Å². The molecule has 1 aliphatic heterocycles. The number of β-amino-alcohol motifs (C(OH)–C–C–N with tert-alkyl or cyclic N) is 1. The Kier molecular flexibility index (Phi) is 3.46. The molecule has 0 amide bonds. The zero-order valence-corrected chi connectivity index (χ0v) is 9.63. The van der Waals surface area contributed by atoms with Crippen LogP contribution >= 0.6 is 0 Å². The molecule has 1 unspecified atom stereocenters. The van der Waals surface area contributed by atoms with Gasteiger partial charge in [0.05, 0.1) is 12.2 Å². The third-order valence-corrected chi connectivity index (χ3v) is 3.19. The normalized spacial score (nSPS) is 22.4. The molecule has 3 nitrogen and oxygen atoms in total. The largest absolute Gasteiger partial charge is 0.391 e. The SMILES string of the molecule is CC[C@@H](O)c1ccccc1N1CCC(O)C1. The van der Waals surface area contributed by atoms with Crippen molar-refractivity contribution in [3.63, 3.8) is 0 Å². The molecule has 1 heterocycles. The number of aliphatic hydroxyl groups is 2. The van der Waals surface area contributed by atoms with Crippen molar-refractivity contribution in [2.45, 2.75) is 32.0 Å². The molecule has 16 heavy (non-hydrogen) atoms. The molecule has 2 N–H and O–H groups in total. The first-order valence-electron chi connectivity index (χ1n) is 5.92. The fraction of sp³-hybridized carbons (Fsp3) is 0.538. The zero-order valence-electron chi connectivity index (χ0n) is 9.63. The summed E-state index contributed by atoms with van der Waals surface area (Å²) in [4.78, 5) is 2.15. The van der Waals surface area contributed by atoms with E-state index in [1.807, 2.05) is 31.2 Å². The first-order chi connectivity index (χ1) is 7.72. The standard InChI is InChI=1S/C13H19NO2/c1-2-13(16)11-5-3-4-6-12(11)14-8-7-10(15)9-14/h3-6,10,13,15-16H,2,7-9H2,1H3/t10?,13-/m1/s1. The highest BCUT2D eigenvalue weighted by atomic mass is 16.3. The monoisotopic (exact) mass is 221 g/mol. The maximum absolute atomic E-state index is 9.95. The number of hydrogen-bond acceptors (Lipinski definition) is 3. The number of nitrogens with zero attached hydrogens (tertiary/aromatic N) is 1. The average Bonchev–Trinajstić information content (AvgIpc) is 2.75. The number of benzene rings is 1. The van der Waals surface area contributed by atoms with Crippen LogP contribution in [0.5, 0.6) is 0 Å². The summed E-state index contributed by atoms with van der Waals surface area (Å²) >= 11 is 0. The molecular weight excluding hydrogens is 202 g/mol. The Labute approximate surface area is 96.3 Å². The number of aliphatic hydroxyl groups excluding tert-OH is 2. The van der Waals surface area contributed by atoms with Crippen LogP contribution in [0.2, 0.25) is 0 Å². The van der Waals surface area contributed by atoms with Crippen LogP contribution in [0.25, 0.3) is 0 Å². The Morgan fingerprint density at radius 2 is 2.19 bits per heavy atom. The highest BCUT2D eigenvalue weighted by Gasteiger charge is 2.23. The van der Waals surface area contributed by atoms with Crippen LogP contribution in [0.15, 0.2) is 24.3 Å². The van der Waals surface area contributed by atoms with Gasteiger partial charge in [-0.05, 0) is 18.9 Å². The Balaban J connectivity index is 2.26. The van der Waals surface area contributed by atoms with Crippen molar-refractivity contribution in [2.75, 3.05) is 18.0 Å². The molecule has 1 saturated heterocycles. The highest BCUT2D eigenvalue weighted by Crippen LogP contribution is 2.30. The van der Waals surface area contributed by atoms with Crippen molar-refractivity contribution >= 4 is 5.69 Å². The lowest BCUT2D eigenvalue weighted by Crippen LogP contribution is -2.22. The van der Waals surface area contributed by atoms with Crippen molar-refractivity contribution in [1.82, 2.24) is 0 Å². The summed E-state index contributed by atoms with van der Waals surface area (Å²) in [6.45, 7) is 3.52. The lowest BCUT2D eigenvalue weighted by Gasteiger charge is -2.23. The smallest absolute Gasteiger partial charge is 0.0807 e. The van der Waals surface area contributed by atoms with Crippen molar-refractivity contribution in [3.05, 3.63) is 29.8 Å². The minimum absolute atomic E-state index is 0.230. The molecule has 1 aliphatic rings. The highest BCUT2D eigenvalue weighted by molar-refractivity contribution is 5.55. The van der Waals surface area contributed by atoms with Crippen molar-refractivity contribution in [1.29, 1.82) is 0 Å². The molecule has 0 aliphatic carbocycles. The van der Waals surface area contributed by atoms with E-state index in [9.17, 15) is 10.2 Å². The van der Waals surface area contributed by atoms with Crippen molar-refractivity contribution in [3.8, 4) is 0 Å². The summed E-state index contributed by atoms with van der Waals surface area (Å²) in [5.41, 5.74) is 2.03. The van der Waals surface area contributed by atoms with Gasteiger partial charge in [0.1, 0.15) is 0 Å². The van der Waals surface area contributed by atoms with Gasteiger partial charge in [0.25, 0.3) is 0 Å². The first-order valence-corrected chi connectivity index (χ1v) is 5.92. The number of anilines is 1. The Morgan fingerprint density at radius 3 is 2.81 bits per heavy atom. The Morgan fingerprint density at radius 1 is 1.44 bits per heavy atom. The van der Waals surface area contributed by atoms with Gasteiger partial charge in [-0.3, -0.25) is 0 Å². The fourth-order valence-corrected chi connectivity index (χ4v) is 2.24. The van der Waals surface area contributed by atoms with Crippen LogP contribution in [0, 0.1) is 0 Å². The number of rotatable bonds is 3. The van der Waals surface area contributed by atoms with Crippen LogP contribution in [-0.4, -0.2) is 29.4 Å².